The Morgan fingerprint density at radius 2 is 1.06 bits per heavy atom. The maximum atomic E-state index is 2.65. The molecule has 0 amide bonds. The largest absolute Gasteiger partial charge is 0.310 e. The molecule has 276 valence electrons. The second-order valence-corrected chi connectivity index (χ2v) is 22.7. The molecule has 0 N–H and O–H groups in total. The van der Waals surface area contributed by atoms with E-state index in [1.54, 1.807) is 11.1 Å². The van der Waals surface area contributed by atoms with Crippen molar-refractivity contribution in [1.82, 2.24) is 0 Å². The van der Waals surface area contributed by atoms with Crippen molar-refractivity contribution in [2.45, 2.75) is 155 Å². The van der Waals surface area contributed by atoms with Gasteiger partial charge in [-0.15, -0.1) is 11.3 Å². The van der Waals surface area contributed by atoms with Gasteiger partial charge in [-0.3, -0.25) is 0 Å². The van der Waals surface area contributed by atoms with Gasteiger partial charge in [0.2, 0.25) is 0 Å². The van der Waals surface area contributed by atoms with Gasteiger partial charge in [-0.05, 0) is 127 Å². The number of benzene rings is 4. The van der Waals surface area contributed by atoms with Crippen molar-refractivity contribution in [2.24, 2.45) is 0 Å². The van der Waals surface area contributed by atoms with E-state index in [1.165, 1.54) is 90.8 Å². The van der Waals surface area contributed by atoms with Crippen LogP contribution in [0.5, 0.6) is 0 Å². The van der Waals surface area contributed by atoms with E-state index in [9.17, 15) is 0 Å². The molecular formula is C50H62BNS. The zero-order chi connectivity index (χ0) is 38.3. The van der Waals surface area contributed by atoms with Crippen molar-refractivity contribution in [1.29, 1.82) is 0 Å². The van der Waals surface area contributed by atoms with Crippen LogP contribution in [-0.2, 0) is 32.5 Å². The van der Waals surface area contributed by atoms with Gasteiger partial charge in [-0.2, -0.15) is 0 Å². The number of hydrogen-bond donors (Lipinski definition) is 0. The molecule has 5 aromatic rings. The Hall–Kier alpha value is -3.30. The van der Waals surface area contributed by atoms with Gasteiger partial charge in [0.15, 0.2) is 0 Å². The fraction of sp³-hybridized carbons (Fsp3) is 0.480. The topological polar surface area (TPSA) is 3.24 Å². The van der Waals surface area contributed by atoms with Crippen molar-refractivity contribution in [3.8, 4) is 0 Å². The Labute approximate surface area is 325 Å². The first kappa shape index (κ1) is 36.7. The molecule has 3 heteroatoms. The standard InChI is InChI=1S/C50H62BNS/c1-45(2,3)31-15-19-34(20-16-31)52-41-27-32(46(4,5)6)17-22-40(41)51(33-18-21-36-37(28-33)48(9,10)24-23-47(36,7)8)44-43(52)35-29-38-39(30-42(35)53-44)50(13,14)26-25-49(38,11)12/h15-22,27-30H,23-26H2,1-14H3. The van der Waals surface area contributed by atoms with Gasteiger partial charge in [0.25, 0.3) is 6.71 Å². The second kappa shape index (κ2) is 11.6. The van der Waals surface area contributed by atoms with E-state index in [0.29, 0.717) is 0 Å². The van der Waals surface area contributed by atoms with Crippen LogP contribution in [0.25, 0.3) is 10.1 Å². The maximum Gasteiger partial charge on any atom is 0.259 e. The van der Waals surface area contributed by atoms with E-state index in [2.05, 4.69) is 186 Å². The summed E-state index contributed by atoms with van der Waals surface area (Å²) in [4.78, 5) is 2.65. The summed E-state index contributed by atoms with van der Waals surface area (Å²) < 4.78 is 2.89. The number of anilines is 3. The Morgan fingerprint density at radius 1 is 0.547 bits per heavy atom. The fourth-order valence-electron chi connectivity index (χ4n) is 9.79. The first-order valence-corrected chi connectivity index (χ1v) is 21.1. The summed E-state index contributed by atoms with van der Waals surface area (Å²) in [5, 5.41) is 1.41. The van der Waals surface area contributed by atoms with E-state index in [4.69, 9.17) is 0 Å². The van der Waals surface area contributed by atoms with Crippen molar-refractivity contribution in [3.63, 3.8) is 0 Å². The molecule has 0 atom stereocenters. The lowest BCUT2D eigenvalue weighted by molar-refractivity contribution is 0.332. The molecule has 4 aromatic carbocycles. The maximum absolute atomic E-state index is 2.65. The zero-order valence-electron chi connectivity index (χ0n) is 35.2. The molecule has 0 unspecified atom stereocenters. The molecule has 0 saturated carbocycles. The van der Waals surface area contributed by atoms with Gasteiger partial charge in [0.05, 0.1) is 5.69 Å². The van der Waals surface area contributed by atoms with Gasteiger partial charge in [-0.25, -0.2) is 0 Å². The van der Waals surface area contributed by atoms with Crippen LogP contribution < -0.4 is 20.6 Å². The van der Waals surface area contributed by atoms with E-state index < -0.39 is 0 Å². The SMILES string of the molecule is CC(C)(C)c1ccc(N2c3cc(C(C)(C)C)ccc3B(c3ccc4c(c3)C(C)(C)CCC4(C)C)c3sc4cc5c(cc4c32)C(C)(C)CCC5(C)C)cc1. The van der Waals surface area contributed by atoms with Crippen LogP contribution in [0.1, 0.15) is 156 Å². The van der Waals surface area contributed by atoms with E-state index in [0.717, 1.165) is 0 Å². The van der Waals surface area contributed by atoms with E-state index in [1.807, 2.05) is 0 Å². The van der Waals surface area contributed by atoms with E-state index >= 15 is 0 Å². The summed E-state index contributed by atoms with van der Waals surface area (Å²) in [7, 11) is 0. The zero-order valence-corrected chi connectivity index (χ0v) is 36.0. The molecule has 1 aliphatic heterocycles. The van der Waals surface area contributed by atoms with Crippen molar-refractivity contribution < 1.29 is 0 Å². The van der Waals surface area contributed by atoms with Crippen LogP contribution in [0.4, 0.5) is 17.1 Å². The summed E-state index contributed by atoms with van der Waals surface area (Å²) in [6.07, 6.45) is 4.89. The van der Waals surface area contributed by atoms with Crippen molar-refractivity contribution in [2.75, 3.05) is 4.90 Å². The minimum absolute atomic E-state index is 0.0272. The van der Waals surface area contributed by atoms with Gasteiger partial charge in [0, 0.05) is 26.2 Å². The Balaban J connectivity index is 1.47. The van der Waals surface area contributed by atoms with Crippen molar-refractivity contribution in [3.05, 3.63) is 106 Å². The average molecular weight is 720 g/mol. The molecule has 1 nitrogen and oxygen atoms in total. The summed E-state index contributed by atoms with van der Waals surface area (Å²) >= 11 is 2.05. The summed E-state index contributed by atoms with van der Waals surface area (Å²) in [5.74, 6) is 0. The third-order valence-electron chi connectivity index (χ3n) is 13.8. The van der Waals surface area contributed by atoms with Crippen LogP contribution in [0.3, 0.4) is 0 Å². The molecule has 1 aromatic heterocycles. The summed E-state index contributed by atoms with van der Waals surface area (Å²) in [5.41, 5.74) is 16.5. The lowest BCUT2D eigenvalue weighted by Crippen LogP contribution is -2.56. The molecule has 8 rings (SSSR count). The number of rotatable bonds is 2. The molecule has 53 heavy (non-hydrogen) atoms. The predicted octanol–water partition coefficient (Wildman–Crippen LogP) is 12.5. The number of fused-ring (bicyclic) bond motifs is 6. The third-order valence-corrected chi connectivity index (χ3v) is 15.0. The van der Waals surface area contributed by atoms with Gasteiger partial charge in [0.1, 0.15) is 0 Å². The second-order valence-electron chi connectivity index (χ2n) is 21.6. The number of hydrogen-bond acceptors (Lipinski definition) is 2. The molecule has 2 heterocycles. The fourth-order valence-corrected chi connectivity index (χ4v) is 11.2. The Kier molecular flexibility index (Phi) is 8.03. The predicted molar refractivity (Wildman–Crippen MR) is 236 cm³/mol. The quantitative estimate of drug-likeness (QED) is 0.161. The van der Waals surface area contributed by atoms with Gasteiger partial charge >= 0.3 is 0 Å². The smallest absolute Gasteiger partial charge is 0.259 e. The Bertz CT molecular complexity index is 2260. The summed E-state index contributed by atoms with van der Waals surface area (Å²) in [6, 6.07) is 29.8. The molecular weight excluding hydrogens is 657 g/mol. The third kappa shape index (κ3) is 5.86. The lowest BCUT2D eigenvalue weighted by Gasteiger charge is -2.43. The highest BCUT2D eigenvalue weighted by molar-refractivity contribution is 7.33. The number of nitrogens with zero attached hydrogens (tertiary/aromatic N) is 1. The molecule has 0 bridgehead atoms. The minimum atomic E-state index is 0.0272. The molecule has 3 aliphatic rings. The van der Waals surface area contributed by atoms with Gasteiger partial charge < -0.3 is 4.90 Å². The Morgan fingerprint density at radius 3 is 1.62 bits per heavy atom. The normalized spacial score (nSPS) is 19.7. The molecule has 2 aliphatic carbocycles. The highest BCUT2D eigenvalue weighted by Crippen LogP contribution is 2.51. The van der Waals surface area contributed by atoms with Crippen LogP contribution >= 0.6 is 11.3 Å². The monoisotopic (exact) mass is 719 g/mol. The minimum Gasteiger partial charge on any atom is -0.310 e. The highest BCUT2D eigenvalue weighted by atomic mass is 32.1. The van der Waals surface area contributed by atoms with Crippen LogP contribution in [-0.4, -0.2) is 6.71 Å². The van der Waals surface area contributed by atoms with Crippen LogP contribution in [0.2, 0.25) is 0 Å². The molecule has 0 radical (unpaired) electrons. The van der Waals surface area contributed by atoms with Gasteiger partial charge in [-0.1, -0.05) is 145 Å². The lowest BCUT2D eigenvalue weighted by atomic mass is 9.37. The van der Waals surface area contributed by atoms with E-state index in [-0.39, 0.29) is 39.2 Å². The number of thiophene rings is 1. The molecule has 0 spiro atoms. The van der Waals surface area contributed by atoms with Crippen molar-refractivity contribution >= 4 is 60.9 Å². The van der Waals surface area contributed by atoms with Crippen LogP contribution in [0, 0.1) is 0 Å². The molecule has 0 saturated heterocycles. The first-order valence-electron chi connectivity index (χ1n) is 20.3. The summed E-state index contributed by atoms with van der Waals surface area (Å²) in [6.45, 7) is 33.9. The molecule has 0 fully saturated rings. The first-order chi connectivity index (χ1) is 24.5. The average Bonchev–Trinajstić information content (AvgIpc) is 3.44. The van der Waals surface area contributed by atoms with Crippen LogP contribution in [0.15, 0.2) is 72.8 Å². The highest BCUT2D eigenvalue weighted by Gasteiger charge is 2.44.